The summed E-state index contributed by atoms with van der Waals surface area (Å²) in [6.07, 6.45) is 0. The second-order valence-corrected chi connectivity index (χ2v) is 4.91. The lowest BCUT2D eigenvalue weighted by Crippen LogP contribution is -2.04. The Balaban J connectivity index is 1.89. The van der Waals surface area contributed by atoms with Gasteiger partial charge in [-0.25, -0.2) is 0 Å². The lowest BCUT2D eigenvalue weighted by atomic mass is 10.0. The van der Waals surface area contributed by atoms with Crippen LogP contribution in [0.25, 0.3) is 10.8 Å². The summed E-state index contributed by atoms with van der Waals surface area (Å²) >= 11 is 11.6. The van der Waals surface area contributed by atoms with Crippen LogP contribution in [-0.2, 0) is 6.54 Å². The number of aromatic nitrogens is 3. The topological polar surface area (TPSA) is 50.7 Å². The van der Waals surface area contributed by atoms with Crippen LogP contribution in [0.3, 0.4) is 0 Å². The largest absolute Gasteiger partial charge is 0.363 e. The lowest BCUT2D eigenvalue weighted by Gasteiger charge is -2.09. The lowest BCUT2D eigenvalue weighted by molar-refractivity contribution is 0.959. The highest BCUT2D eigenvalue weighted by atomic mass is 35.5. The highest BCUT2D eigenvalue weighted by Gasteiger charge is 2.06. The predicted molar refractivity (Wildman–Crippen MR) is 81.1 cm³/mol. The number of rotatable bonds is 3. The third-order valence-electron chi connectivity index (χ3n) is 2.95. The normalized spacial score (nSPS) is 10.7. The van der Waals surface area contributed by atoms with Crippen LogP contribution in [0.2, 0.25) is 10.4 Å². The first kappa shape index (κ1) is 13.1. The molecule has 100 valence electrons. The SMILES string of the molecule is Clc1nnc(Cl)c(NCc2cccc3ccccc23)n1. The number of benzene rings is 2. The first-order valence-electron chi connectivity index (χ1n) is 6.00. The molecule has 0 aliphatic rings. The summed E-state index contributed by atoms with van der Waals surface area (Å²) in [6, 6.07) is 14.3. The van der Waals surface area contributed by atoms with E-state index >= 15 is 0 Å². The quantitative estimate of drug-likeness (QED) is 0.796. The molecule has 1 aromatic heterocycles. The molecule has 0 bridgehead atoms. The molecule has 3 rings (SSSR count). The summed E-state index contributed by atoms with van der Waals surface area (Å²) in [6.45, 7) is 0.579. The molecule has 0 radical (unpaired) electrons. The molecule has 4 nitrogen and oxygen atoms in total. The van der Waals surface area contributed by atoms with Crippen molar-refractivity contribution in [3.8, 4) is 0 Å². The zero-order valence-corrected chi connectivity index (χ0v) is 11.9. The molecule has 2 aromatic carbocycles. The Labute approximate surface area is 125 Å². The van der Waals surface area contributed by atoms with Gasteiger partial charge in [-0.15, -0.1) is 10.2 Å². The highest BCUT2D eigenvalue weighted by Crippen LogP contribution is 2.21. The van der Waals surface area contributed by atoms with E-state index in [1.807, 2.05) is 18.2 Å². The van der Waals surface area contributed by atoms with E-state index in [1.54, 1.807) is 0 Å². The fraction of sp³-hybridized carbons (Fsp3) is 0.0714. The second kappa shape index (κ2) is 5.61. The van der Waals surface area contributed by atoms with E-state index in [0.29, 0.717) is 12.4 Å². The van der Waals surface area contributed by atoms with Gasteiger partial charge in [0.25, 0.3) is 0 Å². The molecule has 3 aromatic rings. The first-order valence-corrected chi connectivity index (χ1v) is 6.76. The van der Waals surface area contributed by atoms with Gasteiger partial charge in [0, 0.05) is 6.54 Å². The van der Waals surface area contributed by atoms with E-state index in [0.717, 1.165) is 5.56 Å². The number of nitrogens with one attached hydrogen (secondary N) is 1. The van der Waals surface area contributed by atoms with Crippen LogP contribution in [0.5, 0.6) is 0 Å². The van der Waals surface area contributed by atoms with E-state index in [9.17, 15) is 0 Å². The number of hydrogen-bond donors (Lipinski definition) is 1. The van der Waals surface area contributed by atoms with Crippen LogP contribution in [0.1, 0.15) is 5.56 Å². The van der Waals surface area contributed by atoms with Gasteiger partial charge in [0.05, 0.1) is 0 Å². The van der Waals surface area contributed by atoms with E-state index < -0.39 is 0 Å². The van der Waals surface area contributed by atoms with Crippen molar-refractivity contribution >= 4 is 39.8 Å². The molecule has 0 amide bonds. The maximum atomic E-state index is 5.92. The van der Waals surface area contributed by atoms with Crippen LogP contribution in [-0.4, -0.2) is 15.2 Å². The Morgan fingerprint density at radius 2 is 1.75 bits per heavy atom. The van der Waals surface area contributed by atoms with Gasteiger partial charge in [-0.3, -0.25) is 0 Å². The van der Waals surface area contributed by atoms with Crippen LogP contribution in [0, 0.1) is 0 Å². The average molecular weight is 305 g/mol. The summed E-state index contributed by atoms with van der Waals surface area (Å²) in [5, 5.41) is 13.1. The number of anilines is 1. The Kier molecular flexibility index (Phi) is 3.67. The first-order chi connectivity index (χ1) is 9.74. The van der Waals surface area contributed by atoms with Gasteiger partial charge in [0.1, 0.15) is 0 Å². The van der Waals surface area contributed by atoms with Gasteiger partial charge >= 0.3 is 0 Å². The molecule has 0 saturated carbocycles. The van der Waals surface area contributed by atoms with Gasteiger partial charge < -0.3 is 5.32 Å². The Morgan fingerprint density at radius 3 is 2.65 bits per heavy atom. The molecule has 0 spiro atoms. The van der Waals surface area contributed by atoms with Crippen molar-refractivity contribution in [3.63, 3.8) is 0 Å². The zero-order valence-electron chi connectivity index (χ0n) is 10.3. The number of nitrogens with zero attached hydrogens (tertiary/aromatic N) is 3. The molecule has 0 atom stereocenters. The van der Waals surface area contributed by atoms with Crippen LogP contribution >= 0.6 is 23.2 Å². The molecule has 6 heteroatoms. The number of fused-ring (bicyclic) bond motifs is 1. The van der Waals surface area contributed by atoms with Crippen molar-refractivity contribution in [1.29, 1.82) is 0 Å². The highest BCUT2D eigenvalue weighted by molar-refractivity contribution is 6.32. The standard InChI is InChI=1S/C14H10Cl2N4/c15-12-13(18-14(16)20-19-12)17-8-10-6-3-5-9-4-1-2-7-11(9)10/h1-7H,8H2,(H,17,18,20). The Bertz CT molecular complexity index is 756. The maximum Gasteiger partial charge on any atom is 0.245 e. The molecule has 20 heavy (non-hydrogen) atoms. The van der Waals surface area contributed by atoms with Crippen molar-refractivity contribution in [2.24, 2.45) is 0 Å². The van der Waals surface area contributed by atoms with Crippen molar-refractivity contribution in [2.75, 3.05) is 5.32 Å². The minimum Gasteiger partial charge on any atom is -0.363 e. The molecule has 0 aliphatic heterocycles. The zero-order chi connectivity index (χ0) is 13.9. The maximum absolute atomic E-state index is 5.92. The van der Waals surface area contributed by atoms with Crippen LogP contribution < -0.4 is 5.32 Å². The number of hydrogen-bond acceptors (Lipinski definition) is 4. The summed E-state index contributed by atoms with van der Waals surface area (Å²) in [5.41, 5.74) is 1.15. The third kappa shape index (κ3) is 2.66. The van der Waals surface area contributed by atoms with Crippen molar-refractivity contribution in [1.82, 2.24) is 15.2 Å². The van der Waals surface area contributed by atoms with E-state index in [1.165, 1.54) is 10.8 Å². The van der Waals surface area contributed by atoms with Crippen LogP contribution in [0.4, 0.5) is 5.82 Å². The predicted octanol–water partition coefficient (Wildman–Crippen LogP) is 3.94. The number of halogens is 2. The molecular formula is C14H10Cl2N4. The molecule has 1 N–H and O–H groups in total. The molecule has 1 heterocycles. The monoisotopic (exact) mass is 304 g/mol. The molecule has 0 aliphatic carbocycles. The smallest absolute Gasteiger partial charge is 0.245 e. The van der Waals surface area contributed by atoms with Crippen molar-refractivity contribution < 1.29 is 0 Å². The summed E-state index contributed by atoms with van der Waals surface area (Å²) in [5.74, 6) is 0.430. The summed E-state index contributed by atoms with van der Waals surface area (Å²) in [4.78, 5) is 4.02. The molecule has 0 fully saturated rings. The second-order valence-electron chi connectivity index (χ2n) is 4.21. The Hall–Kier alpha value is -1.91. The average Bonchev–Trinajstić information content (AvgIpc) is 2.48. The third-order valence-corrected chi connectivity index (χ3v) is 3.36. The minimum absolute atomic E-state index is 0.0646. The fourth-order valence-electron chi connectivity index (χ4n) is 2.03. The van der Waals surface area contributed by atoms with Gasteiger partial charge in [-0.05, 0) is 27.9 Å². The van der Waals surface area contributed by atoms with Gasteiger partial charge in [0.2, 0.25) is 5.28 Å². The van der Waals surface area contributed by atoms with E-state index in [2.05, 4.69) is 44.8 Å². The minimum atomic E-state index is 0.0646. The van der Waals surface area contributed by atoms with Crippen molar-refractivity contribution in [3.05, 3.63) is 58.5 Å². The van der Waals surface area contributed by atoms with E-state index in [-0.39, 0.29) is 10.4 Å². The molecular weight excluding hydrogens is 295 g/mol. The van der Waals surface area contributed by atoms with Gasteiger partial charge in [-0.1, -0.05) is 54.1 Å². The molecule has 0 unspecified atom stereocenters. The van der Waals surface area contributed by atoms with E-state index in [4.69, 9.17) is 23.2 Å². The van der Waals surface area contributed by atoms with Gasteiger partial charge in [0.15, 0.2) is 11.0 Å². The fourth-order valence-corrected chi connectivity index (χ4v) is 2.30. The van der Waals surface area contributed by atoms with Crippen molar-refractivity contribution in [2.45, 2.75) is 6.54 Å². The summed E-state index contributed by atoms with van der Waals surface area (Å²) < 4.78 is 0. The Morgan fingerprint density at radius 1 is 0.950 bits per heavy atom. The van der Waals surface area contributed by atoms with Crippen LogP contribution in [0.15, 0.2) is 42.5 Å². The summed E-state index contributed by atoms with van der Waals surface area (Å²) in [7, 11) is 0. The van der Waals surface area contributed by atoms with Gasteiger partial charge in [-0.2, -0.15) is 4.98 Å². The molecule has 0 saturated heterocycles.